The Kier molecular flexibility index (Phi) is 4.64. The van der Waals surface area contributed by atoms with Crippen molar-refractivity contribution in [2.75, 3.05) is 0 Å². The number of nitriles is 1. The fraction of sp³-hybridized carbons (Fsp3) is 0.300. The van der Waals surface area contributed by atoms with Crippen molar-refractivity contribution in [3.63, 3.8) is 0 Å². The van der Waals surface area contributed by atoms with E-state index < -0.39 is 0 Å². The van der Waals surface area contributed by atoms with Crippen LogP contribution in [0.15, 0.2) is 48.5 Å². The summed E-state index contributed by atoms with van der Waals surface area (Å²) in [6, 6.07) is 18.2. The number of nitrogens with zero attached hydrogens (tertiary/aromatic N) is 3. The zero-order valence-electron chi connectivity index (χ0n) is 14.2. The number of hydrogen-bond acceptors (Lipinski definition) is 3. The summed E-state index contributed by atoms with van der Waals surface area (Å²) in [5.74, 6) is 0.880. The molecular formula is C20H21N3O. The molecule has 0 spiro atoms. The first-order chi connectivity index (χ1) is 11.6. The average molecular weight is 319 g/mol. The van der Waals surface area contributed by atoms with Gasteiger partial charge in [0.15, 0.2) is 0 Å². The molecule has 0 aliphatic carbocycles. The minimum atomic E-state index is 0.107. The van der Waals surface area contributed by atoms with Crippen molar-refractivity contribution in [2.24, 2.45) is 0 Å². The van der Waals surface area contributed by atoms with Crippen LogP contribution in [-0.4, -0.2) is 15.7 Å². The number of aromatic nitrogens is 2. The van der Waals surface area contributed by atoms with Gasteiger partial charge in [0.1, 0.15) is 12.4 Å². The van der Waals surface area contributed by atoms with Gasteiger partial charge in [-0.3, -0.25) is 0 Å². The summed E-state index contributed by atoms with van der Waals surface area (Å²) in [4.78, 5) is 4.74. The molecule has 0 N–H and O–H groups in total. The van der Waals surface area contributed by atoms with Crippen molar-refractivity contribution in [1.29, 1.82) is 5.26 Å². The van der Waals surface area contributed by atoms with E-state index in [1.807, 2.05) is 44.2 Å². The number of imidazole rings is 1. The van der Waals surface area contributed by atoms with Gasteiger partial charge in [-0.1, -0.05) is 30.3 Å². The molecule has 0 saturated carbocycles. The second-order valence-electron chi connectivity index (χ2n) is 6.16. The average Bonchev–Trinajstić information content (AvgIpc) is 2.97. The van der Waals surface area contributed by atoms with Crippen LogP contribution in [0.4, 0.5) is 0 Å². The van der Waals surface area contributed by atoms with Crippen LogP contribution in [0.1, 0.15) is 43.8 Å². The number of benzene rings is 2. The molecule has 0 aliphatic rings. The molecule has 0 bridgehead atoms. The second-order valence-corrected chi connectivity index (χ2v) is 6.16. The second kappa shape index (κ2) is 6.86. The highest BCUT2D eigenvalue weighted by Gasteiger charge is 2.18. The summed E-state index contributed by atoms with van der Waals surface area (Å²) in [5, 5.41) is 9.22. The minimum Gasteiger partial charge on any atom is -0.371 e. The summed E-state index contributed by atoms with van der Waals surface area (Å²) < 4.78 is 7.97. The Bertz CT molecular complexity index is 875. The Morgan fingerprint density at radius 3 is 2.54 bits per heavy atom. The summed E-state index contributed by atoms with van der Waals surface area (Å²) in [6.45, 7) is 6.63. The number of ether oxygens (including phenoxy) is 1. The number of hydrogen-bond donors (Lipinski definition) is 0. The first-order valence-corrected chi connectivity index (χ1v) is 8.17. The topological polar surface area (TPSA) is 50.8 Å². The molecule has 0 radical (unpaired) electrons. The lowest BCUT2D eigenvalue weighted by Crippen LogP contribution is -2.13. The normalized spacial score (nSPS) is 12.5. The third-order valence-electron chi connectivity index (χ3n) is 4.11. The first-order valence-electron chi connectivity index (χ1n) is 8.17. The molecule has 3 rings (SSSR count). The van der Waals surface area contributed by atoms with Crippen LogP contribution in [0, 0.1) is 11.3 Å². The van der Waals surface area contributed by atoms with Crippen molar-refractivity contribution in [1.82, 2.24) is 9.55 Å². The molecule has 0 amide bonds. The standard InChI is InChI=1S/C20H21N3O/c1-14(2)24-13-20-22-18-10-9-16(12-21)11-19(18)23(20)15(3)17-7-5-4-6-8-17/h4-11,14-15H,13H2,1-3H3/t15-/m0/s1. The SMILES string of the molecule is CC(C)OCc1nc2ccc(C#N)cc2n1[C@@H](C)c1ccccc1. The van der Waals surface area contributed by atoms with Gasteiger partial charge in [-0.05, 0) is 44.5 Å². The fourth-order valence-corrected chi connectivity index (χ4v) is 2.87. The van der Waals surface area contributed by atoms with Crippen molar-refractivity contribution >= 4 is 11.0 Å². The van der Waals surface area contributed by atoms with E-state index in [0.717, 1.165) is 16.9 Å². The van der Waals surface area contributed by atoms with E-state index >= 15 is 0 Å². The highest BCUT2D eigenvalue weighted by atomic mass is 16.5. The van der Waals surface area contributed by atoms with Gasteiger partial charge >= 0.3 is 0 Å². The van der Waals surface area contributed by atoms with Gasteiger partial charge in [0.2, 0.25) is 0 Å². The lowest BCUT2D eigenvalue weighted by molar-refractivity contribution is 0.0594. The maximum Gasteiger partial charge on any atom is 0.136 e. The van der Waals surface area contributed by atoms with Crippen LogP contribution in [0.3, 0.4) is 0 Å². The lowest BCUT2D eigenvalue weighted by atomic mass is 10.1. The van der Waals surface area contributed by atoms with Crippen molar-refractivity contribution in [3.05, 3.63) is 65.5 Å². The maximum atomic E-state index is 9.22. The van der Waals surface area contributed by atoms with Crippen LogP contribution in [0.2, 0.25) is 0 Å². The van der Waals surface area contributed by atoms with E-state index in [1.165, 1.54) is 5.56 Å². The van der Waals surface area contributed by atoms with Crippen molar-refractivity contribution in [2.45, 2.75) is 39.5 Å². The Morgan fingerprint density at radius 2 is 1.88 bits per heavy atom. The number of rotatable bonds is 5. The highest BCUT2D eigenvalue weighted by Crippen LogP contribution is 2.27. The molecule has 2 aromatic carbocycles. The molecule has 0 aliphatic heterocycles. The van der Waals surface area contributed by atoms with Crippen molar-refractivity contribution in [3.8, 4) is 6.07 Å². The summed E-state index contributed by atoms with van der Waals surface area (Å²) in [6.07, 6.45) is 0.139. The van der Waals surface area contributed by atoms with E-state index in [0.29, 0.717) is 12.2 Å². The maximum absolute atomic E-state index is 9.22. The zero-order chi connectivity index (χ0) is 17.1. The Labute approximate surface area is 142 Å². The fourth-order valence-electron chi connectivity index (χ4n) is 2.87. The quantitative estimate of drug-likeness (QED) is 0.698. The predicted molar refractivity (Wildman–Crippen MR) is 94.6 cm³/mol. The summed E-state index contributed by atoms with van der Waals surface area (Å²) in [7, 11) is 0. The Hall–Kier alpha value is -2.64. The van der Waals surface area contributed by atoms with E-state index in [4.69, 9.17) is 9.72 Å². The minimum absolute atomic E-state index is 0.107. The van der Waals surface area contributed by atoms with E-state index in [2.05, 4.69) is 29.7 Å². The van der Waals surface area contributed by atoms with Crippen LogP contribution in [0.25, 0.3) is 11.0 Å². The first kappa shape index (κ1) is 16.2. The number of fused-ring (bicyclic) bond motifs is 1. The third kappa shape index (κ3) is 3.17. The molecule has 1 aromatic heterocycles. The van der Waals surface area contributed by atoms with Crippen LogP contribution >= 0.6 is 0 Å². The Morgan fingerprint density at radius 1 is 1.12 bits per heavy atom. The van der Waals surface area contributed by atoms with Crippen molar-refractivity contribution < 1.29 is 4.74 Å². The van der Waals surface area contributed by atoms with Crippen LogP contribution in [-0.2, 0) is 11.3 Å². The molecule has 0 saturated heterocycles. The van der Waals surface area contributed by atoms with Gasteiger partial charge < -0.3 is 9.30 Å². The third-order valence-corrected chi connectivity index (χ3v) is 4.11. The van der Waals surface area contributed by atoms with E-state index in [1.54, 1.807) is 6.07 Å². The lowest BCUT2D eigenvalue weighted by Gasteiger charge is -2.19. The van der Waals surface area contributed by atoms with E-state index in [-0.39, 0.29) is 12.1 Å². The van der Waals surface area contributed by atoms with Gasteiger partial charge in [0, 0.05) is 0 Å². The molecule has 24 heavy (non-hydrogen) atoms. The molecule has 0 unspecified atom stereocenters. The van der Waals surface area contributed by atoms with Gasteiger partial charge in [0.25, 0.3) is 0 Å². The molecule has 4 nitrogen and oxygen atoms in total. The molecule has 1 heterocycles. The van der Waals surface area contributed by atoms with Gasteiger partial charge in [0.05, 0.1) is 34.8 Å². The summed E-state index contributed by atoms with van der Waals surface area (Å²) >= 11 is 0. The molecule has 3 aromatic rings. The van der Waals surface area contributed by atoms with Crippen LogP contribution in [0.5, 0.6) is 0 Å². The molecule has 1 atom stereocenters. The Balaban J connectivity index is 2.14. The van der Waals surface area contributed by atoms with Gasteiger partial charge in [-0.15, -0.1) is 0 Å². The summed E-state index contributed by atoms with van der Waals surface area (Å²) in [5.41, 5.74) is 3.69. The largest absolute Gasteiger partial charge is 0.371 e. The smallest absolute Gasteiger partial charge is 0.136 e. The monoisotopic (exact) mass is 319 g/mol. The predicted octanol–water partition coefficient (Wildman–Crippen LogP) is 4.44. The molecule has 0 fully saturated rings. The van der Waals surface area contributed by atoms with Gasteiger partial charge in [-0.25, -0.2) is 4.98 Å². The van der Waals surface area contributed by atoms with Crippen LogP contribution < -0.4 is 0 Å². The van der Waals surface area contributed by atoms with E-state index in [9.17, 15) is 5.26 Å². The highest BCUT2D eigenvalue weighted by molar-refractivity contribution is 5.78. The molecule has 4 heteroatoms. The molecule has 122 valence electrons. The van der Waals surface area contributed by atoms with Gasteiger partial charge in [-0.2, -0.15) is 5.26 Å². The molecular weight excluding hydrogens is 298 g/mol. The zero-order valence-corrected chi connectivity index (χ0v) is 14.2.